The van der Waals surface area contributed by atoms with Gasteiger partial charge in [0, 0.05) is 82.3 Å². The van der Waals surface area contributed by atoms with E-state index in [0.29, 0.717) is 120 Å². The van der Waals surface area contributed by atoms with E-state index >= 15 is 0 Å². The van der Waals surface area contributed by atoms with Gasteiger partial charge >= 0.3 is 0 Å². The Bertz CT molecular complexity index is 4990. The lowest BCUT2D eigenvalue weighted by Gasteiger charge is -2.06. The summed E-state index contributed by atoms with van der Waals surface area (Å²) in [5.41, 5.74) is 18.7. The molecule has 496 valence electrons. The van der Waals surface area contributed by atoms with Crippen molar-refractivity contribution in [3.05, 3.63) is 275 Å². The van der Waals surface area contributed by atoms with Gasteiger partial charge in [-0.15, -0.1) is 54.4 Å². The molecule has 0 aliphatic rings. The third kappa shape index (κ3) is 16.6. The van der Waals surface area contributed by atoms with Crippen LogP contribution in [-0.2, 0) is 26.2 Å². The van der Waals surface area contributed by atoms with Gasteiger partial charge in [0.15, 0.2) is 47.2 Å². The number of halogens is 7. The van der Waals surface area contributed by atoms with Crippen molar-refractivity contribution in [2.45, 2.75) is 26.2 Å². The largest absolute Gasteiger partial charge is 0.451 e. The van der Waals surface area contributed by atoms with E-state index in [2.05, 4.69) is 128 Å². The van der Waals surface area contributed by atoms with Crippen molar-refractivity contribution in [1.82, 2.24) is 98.9 Å². The van der Waals surface area contributed by atoms with E-state index in [4.69, 9.17) is 10.2 Å². The highest BCUT2D eigenvalue weighted by atomic mass is 79.9. The van der Waals surface area contributed by atoms with Crippen LogP contribution < -0.4 is 5.73 Å². The van der Waals surface area contributed by atoms with Crippen molar-refractivity contribution in [1.29, 1.82) is 0 Å². The molecule has 0 spiro atoms. The van der Waals surface area contributed by atoms with Crippen LogP contribution in [0.25, 0.3) is 92.1 Å². The summed E-state index contributed by atoms with van der Waals surface area (Å²) in [5, 5.41) is 23.7. The summed E-state index contributed by atoms with van der Waals surface area (Å²) in [5.74, 6) is 2.87. The molecule has 16 aromatic rings. The summed E-state index contributed by atoms with van der Waals surface area (Å²) in [6, 6.07) is 40.8. The molecule has 0 aliphatic heterocycles. The second-order valence-corrected chi connectivity index (χ2v) is 26.0. The highest BCUT2D eigenvalue weighted by molar-refractivity contribution is 9.11. The Labute approximate surface area is 602 Å². The molecule has 12 heterocycles. The third-order valence-electron chi connectivity index (χ3n) is 14.3. The number of rotatable bonds is 16. The lowest BCUT2D eigenvalue weighted by Crippen LogP contribution is -2.06. The first-order valence-corrected chi connectivity index (χ1v) is 34.9. The van der Waals surface area contributed by atoms with Gasteiger partial charge in [-0.25, -0.2) is 76.2 Å². The molecular weight excluding hydrogens is 1540 g/mol. The topological polar surface area (TPSA) is 265 Å². The maximum atomic E-state index is 14.1. The maximum Gasteiger partial charge on any atom is 0.201 e. The first-order chi connectivity index (χ1) is 48.8. The standard InChI is InChI=1S/C17H11BrFN5O.2C17H11BrFN5S.C17H13FN6S/c18-12-5-6-20-14(7-12)16-22-17(15-9-25-10-21-15)24(23-16)8-11-3-1-2-4-13(11)19;18-12-5-6-20-14(7-12)17-22-16(15-9-25-10-21-15)23-24(17)8-11-3-1-2-4-13(11)19;18-12-5-6-20-14(7-12)16-22-17(15-9-25-10-21-15)24(23-16)8-11-3-1-2-4-13(11)19;18-13-4-2-1-3-11(13)8-24-17(15-9-25-10-21-15)22-16(23-24)14-7-12(19)5-6-20-14/h3*1-7,9-10H,8H2;1-7,9-10H,8H2,(H2,19,20). The first kappa shape index (κ1) is 67.7. The predicted octanol–water partition coefficient (Wildman–Crippen LogP) is 16.0. The molecular formula is C68H46Br3F4N21OS3. The van der Waals surface area contributed by atoms with Crippen LogP contribution in [0, 0.1) is 23.3 Å². The van der Waals surface area contributed by atoms with Gasteiger partial charge in [0.1, 0.15) is 75.1 Å². The molecule has 0 saturated carbocycles. The highest BCUT2D eigenvalue weighted by Gasteiger charge is 2.23. The lowest BCUT2D eigenvalue weighted by molar-refractivity contribution is 0.557. The molecule has 0 aliphatic carbocycles. The number of pyridine rings is 4. The maximum absolute atomic E-state index is 14.1. The molecule has 0 bridgehead atoms. The van der Waals surface area contributed by atoms with E-state index in [1.54, 1.807) is 145 Å². The number of nitrogens with two attached hydrogens (primary N) is 1. The zero-order valence-electron chi connectivity index (χ0n) is 51.4. The van der Waals surface area contributed by atoms with Gasteiger partial charge in [0.05, 0.1) is 42.7 Å². The molecule has 100 heavy (non-hydrogen) atoms. The van der Waals surface area contributed by atoms with Crippen LogP contribution in [-0.4, -0.2) is 98.9 Å². The zero-order valence-corrected chi connectivity index (χ0v) is 58.6. The molecule has 12 aromatic heterocycles. The number of benzene rings is 4. The van der Waals surface area contributed by atoms with Gasteiger partial charge in [0.2, 0.25) is 5.82 Å². The van der Waals surface area contributed by atoms with Gasteiger partial charge < -0.3 is 10.2 Å². The quantitative estimate of drug-likeness (QED) is 0.0881. The summed E-state index contributed by atoms with van der Waals surface area (Å²) >= 11 is 14.7. The van der Waals surface area contributed by atoms with Gasteiger partial charge in [-0.05, 0) is 72.8 Å². The Hall–Kier alpha value is -10.9. The summed E-state index contributed by atoms with van der Waals surface area (Å²) in [6.45, 7) is 0.985. The molecule has 0 saturated heterocycles. The second kappa shape index (κ2) is 31.7. The highest BCUT2D eigenvalue weighted by Crippen LogP contribution is 2.30. The minimum absolute atomic E-state index is 0.218. The van der Waals surface area contributed by atoms with Gasteiger partial charge in [-0.1, -0.05) is 121 Å². The van der Waals surface area contributed by atoms with Crippen LogP contribution in [0.3, 0.4) is 0 Å². The zero-order chi connectivity index (χ0) is 68.9. The smallest absolute Gasteiger partial charge is 0.201 e. The molecule has 0 unspecified atom stereocenters. The van der Waals surface area contributed by atoms with Crippen molar-refractivity contribution >= 4 is 87.5 Å². The SMILES string of the molecule is Fc1ccccc1Cn1nc(-c2cc(Br)ccn2)nc1-c1cocn1.Fc1ccccc1Cn1nc(-c2cc(Br)ccn2)nc1-c1cscn1.Fc1ccccc1Cn1nc(-c2cscn2)nc1-c1cc(Br)ccn1.Nc1ccnc(-c2nc(-c3cscn3)n(Cc3ccccc3F)n2)c1. The molecule has 0 amide bonds. The van der Waals surface area contributed by atoms with Crippen LogP contribution in [0.2, 0.25) is 0 Å². The predicted molar refractivity (Wildman–Crippen MR) is 381 cm³/mol. The van der Waals surface area contributed by atoms with Crippen molar-refractivity contribution < 1.29 is 22.0 Å². The summed E-state index contributed by atoms with van der Waals surface area (Å²) in [4.78, 5) is 52.4. The number of hydrogen-bond acceptors (Lipinski definition) is 21. The van der Waals surface area contributed by atoms with E-state index in [-0.39, 0.29) is 49.4 Å². The van der Waals surface area contributed by atoms with E-state index in [1.165, 1.54) is 70.9 Å². The Morgan fingerprint density at radius 2 is 0.670 bits per heavy atom. The Balaban J connectivity index is 0.000000119. The van der Waals surface area contributed by atoms with Gasteiger partial charge in [0.25, 0.3) is 0 Å². The van der Waals surface area contributed by atoms with Crippen molar-refractivity contribution in [2.75, 3.05) is 5.73 Å². The molecule has 0 atom stereocenters. The second-order valence-electron chi connectivity index (χ2n) is 21.1. The number of nitrogens with zero attached hydrogens (tertiary/aromatic N) is 20. The van der Waals surface area contributed by atoms with Crippen molar-refractivity contribution in [2.24, 2.45) is 0 Å². The Morgan fingerprint density at radius 1 is 0.350 bits per heavy atom. The van der Waals surface area contributed by atoms with Crippen LogP contribution >= 0.6 is 81.8 Å². The Morgan fingerprint density at radius 3 is 1.01 bits per heavy atom. The average Bonchev–Trinajstić information content (AvgIpc) is 1.68. The first-order valence-electron chi connectivity index (χ1n) is 29.7. The number of thiazole rings is 3. The normalized spacial score (nSPS) is 10.9. The number of aromatic nitrogens is 20. The van der Waals surface area contributed by atoms with Crippen LogP contribution in [0.5, 0.6) is 0 Å². The molecule has 0 fully saturated rings. The fourth-order valence-electron chi connectivity index (χ4n) is 9.60. The molecule has 22 nitrogen and oxygen atoms in total. The molecule has 16 rings (SSSR count). The fourth-order valence-corrected chi connectivity index (χ4v) is 12.2. The van der Waals surface area contributed by atoms with Gasteiger partial charge in [-0.3, -0.25) is 19.9 Å². The molecule has 0 radical (unpaired) electrons. The van der Waals surface area contributed by atoms with Gasteiger partial charge in [-0.2, -0.15) is 0 Å². The van der Waals surface area contributed by atoms with E-state index in [1.807, 2.05) is 52.5 Å². The van der Waals surface area contributed by atoms with E-state index in [9.17, 15) is 17.6 Å². The van der Waals surface area contributed by atoms with Crippen LogP contribution in [0.15, 0.2) is 234 Å². The molecule has 32 heteroatoms. The third-order valence-corrected chi connectivity index (χ3v) is 17.5. The van der Waals surface area contributed by atoms with Crippen LogP contribution in [0.4, 0.5) is 23.2 Å². The summed E-state index contributed by atoms with van der Waals surface area (Å²) < 4.78 is 70.4. The number of anilines is 1. The van der Waals surface area contributed by atoms with Crippen LogP contribution in [0.1, 0.15) is 22.3 Å². The van der Waals surface area contributed by atoms with E-state index in [0.717, 1.165) is 13.4 Å². The average molecular weight is 1590 g/mol. The fraction of sp³-hybridized carbons (Fsp3) is 0.0588. The number of hydrogen-bond donors (Lipinski definition) is 1. The monoisotopic (exact) mass is 1580 g/mol. The molecule has 4 aromatic carbocycles. The Kier molecular flexibility index (Phi) is 21.5. The van der Waals surface area contributed by atoms with Crippen molar-refractivity contribution in [3.8, 4) is 92.1 Å². The van der Waals surface area contributed by atoms with Crippen molar-refractivity contribution in [3.63, 3.8) is 0 Å². The molecule has 2 N–H and O–H groups in total. The number of oxazole rings is 1. The summed E-state index contributed by atoms with van der Waals surface area (Å²) in [6.07, 6.45) is 9.41. The minimum atomic E-state index is -0.300. The lowest BCUT2D eigenvalue weighted by atomic mass is 10.2. The minimum Gasteiger partial charge on any atom is -0.451 e. The summed E-state index contributed by atoms with van der Waals surface area (Å²) in [7, 11) is 0. The van der Waals surface area contributed by atoms with E-state index < -0.39 is 0 Å². The number of nitrogen functional groups attached to an aromatic ring is 1.